The van der Waals surface area contributed by atoms with Gasteiger partial charge in [0.05, 0.1) is 6.61 Å². The molecule has 0 spiro atoms. The number of methoxy groups -OCH3 is 1. The Morgan fingerprint density at radius 2 is 2.07 bits per heavy atom. The Hall–Kier alpha value is -1.12. The molecule has 1 amide bonds. The van der Waals surface area contributed by atoms with E-state index in [1.54, 1.807) is 12.0 Å². The van der Waals surface area contributed by atoms with Gasteiger partial charge in [-0.3, -0.25) is 9.69 Å². The Morgan fingerprint density at radius 3 is 2.60 bits per heavy atom. The molecule has 0 atom stereocenters. The van der Waals surface area contributed by atoms with Crippen molar-refractivity contribution in [3.8, 4) is 0 Å². The average molecular weight is 211 g/mol. The number of piperazine rings is 1. The van der Waals surface area contributed by atoms with Gasteiger partial charge in [-0.2, -0.15) is 0 Å². The van der Waals surface area contributed by atoms with Crippen LogP contribution < -0.4 is 0 Å². The summed E-state index contributed by atoms with van der Waals surface area (Å²) in [6.07, 6.45) is 0. The molecule has 0 N–H and O–H groups in total. The molecule has 1 fully saturated rings. The molecular weight excluding hydrogens is 194 g/mol. The van der Waals surface area contributed by atoms with E-state index in [2.05, 4.69) is 9.74 Å². The van der Waals surface area contributed by atoms with Crippen molar-refractivity contribution in [2.45, 2.75) is 0 Å². The van der Waals surface area contributed by atoms with Crippen LogP contribution in [0, 0.1) is 6.57 Å². The first kappa shape index (κ1) is 12.0. The number of hydrogen-bond acceptors (Lipinski definition) is 3. The van der Waals surface area contributed by atoms with Gasteiger partial charge < -0.3 is 14.5 Å². The van der Waals surface area contributed by atoms with Crippen LogP contribution in [0.25, 0.3) is 4.85 Å². The Bertz CT molecular complexity index is 242. The molecule has 0 bridgehead atoms. The lowest BCUT2D eigenvalue weighted by Gasteiger charge is -2.33. The van der Waals surface area contributed by atoms with Gasteiger partial charge in [0.25, 0.3) is 6.54 Å². The van der Waals surface area contributed by atoms with E-state index in [-0.39, 0.29) is 12.5 Å². The first-order valence-corrected chi connectivity index (χ1v) is 5.10. The average Bonchev–Trinajstić information content (AvgIpc) is 2.27. The normalized spacial score (nSPS) is 17.5. The topological polar surface area (TPSA) is 37.1 Å². The molecule has 1 rings (SSSR count). The molecule has 0 aromatic heterocycles. The van der Waals surface area contributed by atoms with Crippen LogP contribution in [0.4, 0.5) is 0 Å². The van der Waals surface area contributed by atoms with Gasteiger partial charge in [0.15, 0.2) is 0 Å². The molecule has 1 aliphatic rings. The molecule has 0 unspecified atom stereocenters. The maximum atomic E-state index is 11.4. The number of hydrogen-bond donors (Lipinski definition) is 0. The summed E-state index contributed by atoms with van der Waals surface area (Å²) in [5.41, 5.74) is 0. The van der Waals surface area contributed by atoms with Crippen LogP contribution in [0.5, 0.6) is 0 Å². The maximum Gasteiger partial charge on any atom is 0.302 e. The van der Waals surface area contributed by atoms with Crippen molar-refractivity contribution in [1.82, 2.24) is 9.80 Å². The third kappa shape index (κ3) is 3.86. The van der Waals surface area contributed by atoms with Gasteiger partial charge in [-0.1, -0.05) is 0 Å². The highest BCUT2D eigenvalue weighted by Crippen LogP contribution is 2.01. The molecule has 84 valence electrons. The van der Waals surface area contributed by atoms with Gasteiger partial charge in [-0.15, -0.1) is 0 Å². The third-order valence-electron chi connectivity index (χ3n) is 2.55. The standard InChI is InChI=1S/C10H17N3O2/c1-11-9-10(14)13-5-3-12(4-6-13)7-8-15-2/h3-9H2,2H3. The molecule has 0 saturated carbocycles. The Kier molecular flexibility index (Phi) is 5.08. The molecular formula is C10H17N3O2. The van der Waals surface area contributed by atoms with Crippen molar-refractivity contribution < 1.29 is 9.53 Å². The largest absolute Gasteiger partial charge is 0.383 e. The highest BCUT2D eigenvalue weighted by atomic mass is 16.5. The number of nitrogens with zero attached hydrogens (tertiary/aromatic N) is 3. The smallest absolute Gasteiger partial charge is 0.302 e. The summed E-state index contributed by atoms with van der Waals surface area (Å²) in [5, 5.41) is 0. The van der Waals surface area contributed by atoms with Crippen LogP contribution in [0.1, 0.15) is 0 Å². The van der Waals surface area contributed by atoms with E-state index in [9.17, 15) is 4.79 Å². The minimum atomic E-state index is -0.0450. The van der Waals surface area contributed by atoms with Crippen molar-refractivity contribution in [1.29, 1.82) is 0 Å². The molecule has 5 heteroatoms. The lowest BCUT2D eigenvalue weighted by molar-refractivity contribution is -0.130. The zero-order valence-corrected chi connectivity index (χ0v) is 9.11. The molecule has 0 radical (unpaired) electrons. The van der Waals surface area contributed by atoms with E-state index < -0.39 is 0 Å². The van der Waals surface area contributed by atoms with Crippen molar-refractivity contribution >= 4 is 5.91 Å². The minimum Gasteiger partial charge on any atom is -0.383 e. The minimum absolute atomic E-state index is 0.0158. The first-order chi connectivity index (χ1) is 7.27. The highest BCUT2D eigenvalue weighted by Gasteiger charge is 2.21. The van der Waals surface area contributed by atoms with E-state index in [1.165, 1.54) is 0 Å². The zero-order valence-electron chi connectivity index (χ0n) is 9.11. The fraction of sp³-hybridized carbons (Fsp3) is 0.800. The number of carbonyl (C=O) groups excluding carboxylic acids is 1. The predicted octanol–water partition coefficient (Wildman–Crippen LogP) is -0.304. The van der Waals surface area contributed by atoms with Gasteiger partial charge in [-0.05, 0) is 0 Å². The summed E-state index contributed by atoms with van der Waals surface area (Å²) in [6.45, 7) is 11.5. The zero-order chi connectivity index (χ0) is 11.1. The van der Waals surface area contributed by atoms with Crippen molar-refractivity contribution in [2.75, 3.05) is 53.0 Å². The first-order valence-electron chi connectivity index (χ1n) is 5.10. The quantitative estimate of drug-likeness (QED) is 0.599. The monoisotopic (exact) mass is 211 g/mol. The summed E-state index contributed by atoms with van der Waals surface area (Å²) in [4.78, 5) is 18.5. The van der Waals surface area contributed by atoms with Crippen LogP contribution in [-0.2, 0) is 9.53 Å². The van der Waals surface area contributed by atoms with E-state index in [0.717, 1.165) is 39.3 Å². The fourth-order valence-corrected chi connectivity index (χ4v) is 1.61. The summed E-state index contributed by atoms with van der Waals surface area (Å²) in [6, 6.07) is 0. The van der Waals surface area contributed by atoms with Crippen molar-refractivity contribution in [3.05, 3.63) is 11.4 Å². The predicted molar refractivity (Wildman–Crippen MR) is 56.4 cm³/mol. The lowest BCUT2D eigenvalue weighted by atomic mass is 10.3. The molecule has 5 nitrogen and oxygen atoms in total. The van der Waals surface area contributed by atoms with E-state index in [4.69, 9.17) is 11.3 Å². The third-order valence-corrected chi connectivity index (χ3v) is 2.55. The highest BCUT2D eigenvalue weighted by molar-refractivity contribution is 5.79. The van der Waals surface area contributed by atoms with Gasteiger partial charge in [0.1, 0.15) is 0 Å². The number of ether oxygens (including phenoxy) is 1. The van der Waals surface area contributed by atoms with Crippen molar-refractivity contribution in [2.24, 2.45) is 0 Å². The van der Waals surface area contributed by atoms with Gasteiger partial charge in [0.2, 0.25) is 0 Å². The SMILES string of the molecule is [C-]#[N+]CC(=O)N1CCN(CCOC)CC1. The van der Waals surface area contributed by atoms with Gasteiger partial charge in [-0.25, -0.2) is 6.57 Å². The molecule has 0 aromatic rings. The van der Waals surface area contributed by atoms with Crippen LogP contribution >= 0.6 is 0 Å². The number of rotatable bonds is 4. The fourth-order valence-electron chi connectivity index (χ4n) is 1.61. The summed E-state index contributed by atoms with van der Waals surface area (Å²) >= 11 is 0. The Balaban J connectivity index is 2.24. The number of amides is 1. The molecule has 1 aliphatic heterocycles. The Labute approximate surface area is 90.4 Å². The van der Waals surface area contributed by atoms with Crippen LogP contribution in [0.15, 0.2) is 0 Å². The van der Waals surface area contributed by atoms with E-state index in [0.29, 0.717) is 0 Å². The van der Waals surface area contributed by atoms with Crippen molar-refractivity contribution in [3.63, 3.8) is 0 Å². The Morgan fingerprint density at radius 1 is 1.40 bits per heavy atom. The lowest BCUT2D eigenvalue weighted by Crippen LogP contribution is -2.49. The maximum absolute atomic E-state index is 11.4. The molecule has 0 aliphatic carbocycles. The van der Waals surface area contributed by atoms with Crippen LogP contribution in [0.2, 0.25) is 0 Å². The molecule has 1 heterocycles. The summed E-state index contributed by atoms with van der Waals surface area (Å²) < 4.78 is 5.00. The van der Waals surface area contributed by atoms with E-state index in [1.807, 2.05) is 0 Å². The summed E-state index contributed by atoms with van der Waals surface area (Å²) in [7, 11) is 1.69. The van der Waals surface area contributed by atoms with Gasteiger partial charge >= 0.3 is 5.91 Å². The molecule has 15 heavy (non-hydrogen) atoms. The summed E-state index contributed by atoms with van der Waals surface area (Å²) in [5.74, 6) is -0.0450. The molecule has 1 saturated heterocycles. The second kappa shape index (κ2) is 6.38. The second-order valence-electron chi connectivity index (χ2n) is 3.53. The number of carbonyl (C=O) groups is 1. The molecule has 0 aromatic carbocycles. The van der Waals surface area contributed by atoms with Crippen LogP contribution in [-0.4, -0.2) is 68.7 Å². The van der Waals surface area contributed by atoms with Crippen LogP contribution in [0.3, 0.4) is 0 Å². The van der Waals surface area contributed by atoms with E-state index >= 15 is 0 Å². The second-order valence-corrected chi connectivity index (χ2v) is 3.53. The van der Waals surface area contributed by atoms with Gasteiger partial charge in [0, 0.05) is 39.8 Å².